The number of carbonyl (C=O) groups excluding carboxylic acids is 1. The first-order valence-electron chi connectivity index (χ1n) is 7.66. The second kappa shape index (κ2) is 6.11. The van der Waals surface area contributed by atoms with Crippen LogP contribution in [0, 0.1) is 18.3 Å². The van der Waals surface area contributed by atoms with Gasteiger partial charge in [-0.2, -0.15) is 5.10 Å². The zero-order chi connectivity index (χ0) is 15.8. The van der Waals surface area contributed by atoms with Crippen LogP contribution in [0.3, 0.4) is 0 Å². The largest absolute Gasteiger partial charge is 0.337 e. The van der Waals surface area contributed by atoms with Crippen molar-refractivity contribution in [3.05, 3.63) is 15.9 Å². The van der Waals surface area contributed by atoms with E-state index in [4.69, 9.17) is 0 Å². The molecule has 1 saturated heterocycles. The molecule has 0 radical (unpaired) electrons. The molecule has 1 unspecified atom stereocenters. The maximum atomic E-state index is 12.4. The van der Waals surface area contributed by atoms with Crippen molar-refractivity contribution in [1.82, 2.24) is 14.7 Å². The molecule has 0 aromatic carbocycles. The van der Waals surface area contributed by atoms with Crippen LogP contribution in [0.5, 0.6) is 0 Å². The van der Waals surface area contributed by atoms with E-state index in [2.05, 4.69) is 41.8 Å². The fourth-order valence-electron chi connectivity index (χ4n) is 3.10. The summed E-state index contributed by atoms with van der Waals surface area (Å²) in [5, 5.41) is 4.41. The maximum Gasteiger partial charge on any atom is 0.222 e. The lowest BCUT2D eigenvalue weighted by molar-refractivity contribution is -0.131. The molecular formula is C16H26BrN3O. The second-order valence-corrected chi connectivity index (χ2v) is 7.97. The van der Waals surface area contributed by atoms with Gasteiger partial charge in [-0.05, 0) is 47.0 Å². The molecule has 1 aliphatic rings. The molecule has 5 heteroatoms. The average Bonchev–Trinajstić information content (AvgIpc) is 2.53. The Balaban J connectivity index is 2.12. The lowest BCUT2D eigenvalue weighted by Gasteiger charge is -2.29. The van der Waals surface area contributed by atoms with Crippen LogP contribution in [0.2, 0.25) is 0 Å². The van der Waals surface area contributed by atoms with Gasteiger partial charge in [0.15, 0.2) is 0 Å². The fraction of sp³-hybridized carbons (Fsp3) is 0.750. The smallest absolute Gasteiger partial charge is 0.222 e. The Labute approximate surface area is 136 Å². The number of carbonyl (C=O) groups is 1. The van der Waals surface area contributed by atoms with Gasteiger partial charge in [0.05, 0.1) is 22.4 Å². The van der Waals surface area contributed by atoms with Gasteiger partial charge in [-0.25, -0.2) is 0 Å². The van der Waals surface area contributed by atoms with E-state index in [1.165, 1.54) is 0 Å². The third-order valence-electron chi connectivity index (χ3n) is 4.63. The third kappa shape index (κ3) is 3.68. The predicted octanol–water partition coefficient (Wildman–Crippen LogP) is 3.67. The van der Waals surface area contributed by atoms with Crippen molar-refractivity contribution in [2.24, 2.45) is 18.4 Å². The van der Waals surface area contributed by atoms with Crippen molar-refractivity contribution in [2.75, 3.05) is 6.54 Å². The molecule has 0 bridgehead atoms. The van der Waals surface area contributed by atoms with E-state index in [0.717, 1.165) is 35.2 Å². The number of aromatic nitrogens is 2. The first kappa shape index (κ1) is 16.5. The quantitative estimate of drug-likeness (QED) is 0.811. The molecule has 21 heavy (non-hydrogen) atoms. The Kier molecular flexibility index (Phi) is 4.81. The summed E-state index contributed by atoms with van der Waals surface area (Å²) in [6, 6.07) is 0. The van der Waals surface area contributed by atoms with E-state index in [1.54, 1.807) is 0 Å². The maximum absolute atomic E-state index is 12.4. The molecule has 0 aliphatic carbocycles. The normalized spacial score (nSPS) is 20.8. The molecule has 1 aromatic heterocycles. The number of aryl methyl sites for hydroxylation is 2. The Hall–Kier alpha value is -0.840. The molecule has 1 aromatic rings. The lowest BCUT2D eigenvalue weighted by Crippen LogP contribution is -2.31. The zero-order valence-electron chi connectivity index (χ0n) is 13.7. The van der Waals surface area contributed by atoms with Gasteiger partial charge in [-0.3, -0.25) is 9.48 Å². The molecule has 1 amide bonds. The molecule has 118 valence electrons. The predicted molar refractivity (Wildman–Crippen MR) is 87.9 cm³/mol. The number of hydrogen-bond donors (Lipinski definition) is 0. The zero-order valence-corrected chi connectivity index (χ0v) is 15.3. The molecule has 4 nitrogen and oxygen atoms in total. The van der Waals surface area contributed by atoms with Crippen molar-refractivity contribution in [3.63, 3.8) is 0 Å². The van der Waals surface area contributed by atoms with E-state index in [0.29, 0.717) is 18.9 Å². The Bertz CT molecular complexity index is 530. The van der Waals surface area contributed by atoms with Gasteiger partial charge in [0.2, 0.25) is 5.91 Å². The van der Waals surface area contributed by atoms with Crippen LogP contribution in [-0.2, 0) is 18.4 Å². The molecule has 0 N–H and O–H groups in total. The van der Waals surface area contributed by atoms with Gasteiger partial charge >= 0.3 is 0 Å². The summed E-state index contributed by atoms with van der Waals surface area (Å²) in [6.45, 7) is 10.3. The van der Waals surface area contributed by atoms with E-state index >= 15 is 0 Å². The average molecular weight is 356 g/mol. The van der Waals surface area contributed by atoms with Crippen LogP contribution in [0.15, 0.2) is 4.47 Å². The van der Waals surface area contributed by atoms with Crippen LogP contribution in [0.1, 0.15) is 51.4 Å². The van der Waals surface area contributed by atoms with E-state index < -0.39 is 0 Å². The highest BCUT2D eigenvalue weighted by molar-refractivity contribution is 9.10. The van der Waals surface area contributed by atoms with Crippen LogP contribution in [-0.4, -0.2) is 27.1 Å². The third-order valence-corrected chi connectivity index (χ3v) is 5.67. The Morgan fingerprint density at radius 1 is 1.33 bits per heavy atom. The molecule has 0 saturated carbocycles. The van der Waals surface area contributed by atoms with E-state index in [-0.39, 0.29) is 11.3 Å². The van der Waals surface area contributed by atoms with Crippen LogP contribution in [0.4, 0.5) is 0 Å². The fourth-order valence-corrected chi connectivity index (χ4v) is 3.56. The number of rotatable bonds is 2. The first-order valence-corrected chi connectivity index (χ1v) is 8.45. The summed E-state index contributed by atoms with van der Waals surface area (Å²) in [5.41, 5.74) is 2.33. The van der Waals surface area contributed by atoms with Crippen LogP contribution < -0.4 is 0 Å². The van der Waals surface area contributed by atoms with Gasteiger partial charge in [-0.1, -0.05) is 20.8 Å². The van der Waals surface area contributed by atoms with Gasteiger partial charge in [0.25, 0.3) is 0 Å². The molecule has 2 rings (SSSR count). The highest BCUT2D eigenvalue weighted by Crippen LogP contribution is 2.35. The van der Waals surface area contributed by atoms with Crippen LogP contribution in [0.25, 0.3) is 0 Å². The van der Waals surface area contributed by atoms with Crippen molar-refractivity contribution >= 4 is 21.8 Å². The molecule has 2 heterocycles. The SMILES string of the molecule is Cc1nn(C)c(CN2CCC(C(C)(C)C)CCC2=O)c1Br. The minimum absolute atomic E-state index is 0.271. The van der Waals surface area contributed by atoms with Gasteiger partial charge in [0, 0.05) is 20.0 Å². The molecule has 1 fully saturated rings. The lowest BCUT2D eigenvalue weighted by atomic mass is 9.77. The first-order chi connectivity index (χ1) is 9.70. The summed E-state index contributed by atoms with van der Waals surface area (Å²) in [7, 11) is 1.94. The topological polar surface area (TPSA) is 38.1 Å². The molecular weight excluding hydrogens is 330 g/mol. The highest BCUT2D eigenvalue weighted by atomic mass is 79.9. The van der Waals surface area contributed by atoms with E-state index in [1.807, 2.05) is 23.6 Å². The molecule has 1 aliphatic heterocycles. The van der Waals surface area contributed by atoms with Crippen molar-refractivity contribution in [1.29, 1.82) is 0 Å². The standard InChI is InChI=1S/C16H26BrN3O/c1-11-15(17)13(19(5)18-11)10-20-9-8-12(16(2,3)4)6-7-14(20)21/h12H,6-10H2,1-5H3. The summed E-state index contributed by atoms with van der Waals surface area (Å²) in [5.74, 6) is 0.885. The molecule has 0 spiro atoms. The minimum Gasteiger partial charge on any atom is -0.337 e. The van der Waals surface area contributed by atoms with Crippen molar-refractivity contribution < 1.29 is 4.79 Å². The van der Waals surface area contributed by atoms with E-state index in [9.17, 15) is 4.79 Å². The number of hydrogen-bond acceptors (Lipinski definition) is 2. The van der Waals surface area contributed by atoms with Crippen LogP contribution >= 0.6 is 15.9 Å². The Morgan fingerprint density at radius 2 is 2.00 bits per heavy atom. The second-order valence-electron chi connectivity index (χ2n) is 7.18. The molecule has 1 atom stereocenters. The number of halogens is 1. The van der Waals surface area contributed by atoms with Gasteiger partial charge in [0.1, 0.15) is 0 Å². The summed E-state index contributed by atoms with van der Waals surface area (Å²) in [4.78, 5) is 14.4. The summed E-state index contributed by atoms with van der Waals surface area (Å²) < 4.78 is 2.90. The van der Waals surface area contributed by atoms with Gasteiger partial charge < -0.3 is 4.90 Å². The summed E-state index contributed by atoms with van der Waals surface area (Å²) >= 11 is 3.59. The van der Waals surface area contributed by atoms with Gasteiger partial charge in [-0.15, -0.1) is 0 Å². The number of amides is 1. The summed E-state index contributed by atoms with van der Waals surface area (Å²) in [6.07, 6.45) is 2.75. The highest BCUT2D eigenvalue weighted by Gasteiger charge is 2.30. The minimum atomic E-state index is 0.271. The number of nitrogens with zero attached hydrogens (tertiary/aromatic N) is 3. The number of likely N-dealkylation sites (tertiary alicyclic amines) is 1. The Morgan fingerprint density at radius 3 is 2.52 bits per heavy atom. The monoisotopic (exact) mass is 355 g/mol. The van der Waals surface area contributed by atoms with Crippen molar-refractivity contribution in [3.8, 4) is 0 Å². The van der Waals surface area contributed by atoms with Crippen molar-refractivity contribution in [2.45, 2.75) is 53.5 Å².